The maximum Gasteiger partial charge on any atom is 0.309 e. The van der Waals surface area contributed by atoms with E-state index in [2.05, 4.69) is 15.1 Å². The average molecular weight is 475 g/mol. The van der Waals surface area contributed by atoms with Crippen LogP contribution in [0.3, 0.4) is 0 Å². The summed E-state index contributed by atoms with van der Waals surface area (Å²) in [4.78, 5) is 27.2. The summed E-state index contributed by atoms with van der Waals surface area (Å²) in [7, 11) is 0. The quantitative estimate of drug-likeness (QED) is 0.552. The van der Waals surface area contributed by atoms with E-state index >= 15 is 0 Å². The van der Waals surface area contributed by atoms with Crippen molar-refractivity contribution in [1.29, 1.82) is 0 Å². The molecule has 1 aliphatic rings. The van der Waals surface area contributed by atoms with Gasteiger partial charge in [0.25, 0.3) is 5.91 Å². The molecule has 3 aromatic rings. The number of rotatable bonds is 7. The molecule has 10 heteroatoms. The van der Waals surface area contributed by atoms with E-state index in [1.807, 2.05) is 24.3 Å². The highest BCUT2D eigenvalue weighted by Gasteiger charge is 2.32. The summed E-state index contributed by atoms with van der Waals surface area (Å²) in [6, 6.07) is 12.1. The van der Waals surface area contributed by atoms with E-state index in [1.54, 1.807) is 6.92 Å². The molecule has 0 aliphatic carbocycles. The topological polar surface area (TPSA) is 86.6 Å². The molecule has 0 radical (unpaired) electrons. The van der Waals surface area contributed by atoms with Crippen molar-refractivity contribution in [2.24, 2.45) is 5.92 Å². The molecule has 1 saturated heterocycles. The van der Waals surface area contributed by atoms with Crippen LogP contribution in [0, 0.1) is 11.7 Å². The van der Waals surface area contributed by atoms with E-state index in [9.17, 15) is 14.0 Å². The molecule has 2 heterocycles. The maximum absolute atomic E-state index is 14.3. The molecule has 0 bridgehead atoms. The number of carbonyl (C=O) groups excluding carboxylic acids is 1. The van der Waals surface area contributed by atoms with Crippen molar-refractivity contribution < 1.29 is 19.1 Å². The predicted molar refractivity (Wildman–Crippen MR) is 121 cm³/mol. The number of amides is 1. The molecule has 1 amide bonds. The summed E-state index contributed by atoms with van der Waals surface area (Å²) < 4.78 is 14.3. The lowest BCUT2D eigenvalue weighted by Crippen LogP contribution is -2.49. The SMILES string of the molecule is CCN(C(=O)c1cccc(Cl)c1F)c1nnc(-c2ccc(CN3CC(C(=O)O)C3)cc2)s1. The van der Waals surface area contributed by atoms with Crippen LogP contribution in [0.5, 0.6) is 0 Å². The molecule has 1 fully saturated rings. The first-order chi connectivity index (χ1) is 15.4. The minimum Gasteiger partial charge on any atom is -0.481 e. The molecule has 0 atom stereocenters. The van der Waals surface area contributed by atoms with Crippen LogP contribution in [0.2, 0.25) is 5.02 Å². The van der Waals surface area contributed by atoms with Gasteiger partial charge >= 0.3 is 5.97 Å². The Morgan fingerprint density at radius 1 is 1.22 bits per heavy atom. The first-order valence-electron chi connectivity index (χ1n) is 10.0. The highest BCUT2D eigenvalue weighted by Crippen LogP contribution is 2.31. The lowest BCUT2D eigenvalue weighted by atomic mass is 9.99. The normalized spacial score (nSPS) is 14.2. The Bertz CT molecular complexity index is 1150. The number of nitrogens with zero attached hydrogens (tertiary/aromatic N) is 4. The fraction of sp³-hybridized carbons (Fsp3) is 0.273. The number of carboxylic acid groups (broad SMARTS) is 1. The van der Waals surface area contributed by atoms with Crippen molar-refractivity contribution in [3.8, 4) is 10.6 Å². The Balaban J connectivity index is 1.46. The van der Waals surface area contributed by atoms with Gasteiger partial charge < -0.3 is 5.11 Å². The van der Waals surface area contributed by atoms with Gasteiger partial charge in [-0.1, -0.05) is 53.3 Å². The number of likely N-dealkylation sites (tertiary alicyclic amines) is 1. The standard InChI is InChI=1S/C22H20ClFN4O3S/c1-2-28(20(29)16-4-3-5-17(23)18(16)24)22-26-25-19(32-22)14-8-6-13(7-9-14)10-27-11-15(12-27)21(30)31/h3-9,15H,2,10-12H2,1H3,(H,30,31). The third-order valence-electron chi connectivity index (χ3n) is 5.30. The highest BCUT2D eigenvalue weighted by molar-refractivity contribution is 7.18. The van der Waals surface area contributed by atoms with Crippen molar-refractivity contribution in [3.05, 3.63) is 64.4 Å². The summed E-state index contributed by atoms with van der Waals surface area (Å²) in [5, 5.41) is 18.2. The fourth-order valence-electron chi connectivity index (χ4n) is 3.49. The van der Waals surface area contributed by atoms with Crippen LogP contribution >= 0.6 is 22.9 Å². The molecule has 1 aromatic heterocycles. The minimum atomic E-state index is -0.755. The van der Waals surface area contributed by atoms with Crippen LogP contribution in [0.25, 0.3) is 10.6 Å². The fourth-order valence-corrected chi connectivity index (χ4v) is 4.57. The van der Waals surface area contributed by atoms with Gasteiger partial charge in [0.1, 0.15) is 5.01 Å². The molecule has 7 nitrogen and oxygen atoms in total. The van der Waals surface area contributed by atoms with Gasteiger partial charge in [-0.05, 0) is 24.6 Å². The molecule has 2 aromatic carbocycles. The Hall–Kier alpha value is -2.88. The van der Waals surface area contributed by atoms with Gasteiger partial charge in [0.15, 0.2) is 5.82 Å². The van der Waals surface area contributed by atoms with Gasteiger partial charge in [-0.25, -0.2) is 4.39 Å². The predicted octanol–water partition coefficient (Wildman–Crippen LogP) is 4.18. The smallest absolute Gasteiger partial charge is 0.309 e. The zero-order chi connectivity index (χ0) is 22.8. The Morgan fingerprint density at radius 2 is 1.94 bits per heavy atom. The van der Waals surface area contributed by atoms with Gasteiger partial charge in [-0.15, -0.1) is 10.2 Å². The molecule has 1 aliphatic heterocycles. The third-order valence-corrected chi connectivity index (χ3v) is 6.59. The molecule has 1 N–H and O–H groups in total. The number of hydrogen-bond acceptors (Lipinski definition) is 6. The summed E-state index contributed by atoms with van der Waals surface area (Å²) in [6.45, 7) is 3.89. The number of anilines is 1. The lowest BCUT2D eigenvalue weighted by Gasteiger charge is -2.36. The second kappa shape index (κ2) is 9.32. The van der Waals surface area contributed by atoms with Gasteiger partial charge in [0, 0.05) is 31.7 Å². The Kier molecular flexibility index (Phi) is 6.50. The van der Waals surface area contributed by atoms with Gasteiger partial charge in [0.2, 0.25) is 5.13 Å². The van der Waals surface area contributed by atoms with E-state index in [0.29, 0.717) is 36.3 Å². The molecular weight excluding hydrogens is 455 g/mol. The number of carbonyl (C=O) groups is 2. The molecule has 166 valence electrons. The minimum absolute atomic E-state index is 0.110. The second-order valence-corrected chi connectivity index (χ2v) is 8.83. The molecule has 4 rings (SSSR count). The zero-order valence-electron chi connectivity index (χ0n) is 17.2. The monoisotopic (exact) mass is 474 g/mol. The van der Waals surface area contributed by atoms with E-state index in [1.165, 1.54) is 34.4 Å². The molecule has 32 heavy (non-hydrogen) atoms. The van der Waals surface area contributed by atoms with Crippen LogP contribution in [-0.4, -0.2) is 51.7 Å². The second-order valence-electron chi connectivity index (χ2n) is 7.47. The molecule has 0 spiro atoms. The average Bonchev–Trinajstić information content (AvgIpc) is 3.22. The Morgan fingerprint density at radius 3 is 2.59 bits per heavy atom. The number of hydrogen-bond donors (Lipinski definition) is 1. The van der Waals surface area contributed by atoms with E-state index in [0.717, 1.165) is 11.1 Å². The highest BCUT2D eigenvalue weighted by atomic mass is 35.5. The van der Waals surface area contributed by atoms with Crippen LogP contribution in [0.15, 0.2) is 42.5 Å². The number of aliphatic carboxylic acids is 1. The largest absolute Gasteiger partial charge is 0.481 e. The van der Waals surface area contributed by atoms with E-state index in [4.69, 9.17) is 16.7 Å². The number of carboxylic acids is 1. The van der Waals surface area contributed by atoms with Gasteiger partial charge in [-0.2, -0.15) is 0 Å². The van der Waals surface area contributed by atoms with Crippen LogP contribution in [0.4, 0.5) is 9.52 Å². The number of benzene rings is 2. The van der Waals surface area contributed by atoms with Crippen molar-refractivity contribution in [2.45, 2.75) is 13.5 Å². The van der Waals surface area contributed by atoms with Crippen LogP contribution < -0.4 is 4.90 Å². The van der Waals surface area contributed by atoms with Crippen molar-refractivity contribution in [3.63, 3.8) is 0 Å². The molecule has 0 saturated carbocycles. The molecule has 0 unspecified atom stereocenters. The number of halogens is 2. The van der Waals surface area contributed by atoms with Gasteiger partial charge in [0.05, 0.1) is 16.5 Å². The Labute approximate surface area is 193 Å². The van der Waals surface area contributed by atoms with Crippen LogP contribution in [0.1, 0.15) is 22.8 Å². The van der Waals surface area contributed by atoms with E-state index < -0.39 is 17.7 Å². The van der Waals surface area contributed by atoms with E-state index in [-0.39, 0.29) is 16.5 Å². The lowest BCUT2D eigenvalue weighted by molar-refractivity contribution is -0.147. The molecular formula is C22H20ClFN4O3S. The summed E-state index contributed by atoms with van der Waals surface area (Å²) in [5.41, 5.74) is 1.81. The van der Waals surface area contributed by atoms with Crippen molar-refractivity contribution in [2.75, 3.05) is 24.5 Å². The van der Waals surface area contributed by atoms with Crippen LogP contribution in [-0.2, 0) is 11.3 Å². The first kappa shape index (κ1) is 22.3. The number of aromatic nitrogens is 2. The summed E-state index contributed by atoms with van der Waals surface area (Å²) >= 11 is 7.06. The first-order valence-corrected chi connectivity index (χ1v) is 11.2. The van der Waals surface area contributed by atoms with Crippen molar-refractivity contribution in [1.82, 2.24) is 15.1 Å². The summed E-state index contributed by atoms with van der Waals surface area (Å²) in [6.07, 6.45) is 0. The third kappa shape index (κ3) is 4.50. The zero-order valence-corrected chi connectivity index (χ0v) is 18.7. The summed E-state index contributed by atoms with van der Waals surface area (Å²) in [5.74, 6) is -2.31. The van der Waals surface area contributed by atoms with Crippen molar-refractivity contribution >= 4 is 39.9 Å². The maximum atomic E-state index is 14.3. The van der Waals surface area contributed by atoms with Gasteiger partial charge in [-0.3, -0.25) is 19.4 Å².